The highest BCUT2D eigenvalue weighted by Gasteiger charge is 2.08. The van der Waals surface area contributed by atoms with Crippen LogP contribution in [0.5, 0.6) is 0 Å². The molecule has 0 unspecified atom stereocenters. The third-order valence-corrected chi connectivity index (χ3v) is 4.74. The van der Waals surface area contributed by atoms with Crippen LogP contribution in [-0.2, 0) is 19.1 Å². The summed E-state index contributed by atoms with van der Waals surface area (Å²) in [4.78, 5) is 23.2. The third kappa shape index (κ3) is 21.0. The molecule has 0 aromatic rings. The fourth-order valence-corrected chi connectivity index (χ4v) is 2.94. The molecule has 0 fully saturated rings. The number of carbonyl (C=O) groups excluding carboxylic acids is 2. The predicted molar refractivity (Wildman–Crippen MR) is 116 cm³/mol. The van der Waals surface area contributed by atoms with Gasteiger partial charge in [0.15, 0.2) is 0 Å². The predicted octanol–water partition coefficient (Wildman–Crippen LogP) is 7.11. The van der Waals surface area contributed by atoms with E-state index in [0.717, 1.165) is 31.6 Å². The summed E-state index contributed by atoms with van der Waals surface area (Å²) in [6.45, 7) is 7.11. The highest BCUT2D eigenvalue weighted by atomic mass is 16.5. The Hall–Kier alpha value is -1.32. The van der Waals surface area contributed by atoms with Crippen molar-refractivity contribution in [2.75, 3.05) is 6.61 Å². The van der Waals surface area contributed by atoms with Crippen LogP contribution < -0.4 is 0 Å². The molecule has 0 saturated heterocycles. The quantitative estimate of drug-likeness (QED) is 0.133. The third-order valence-electron chi connectivity index (χ3n) is 4.74. The van der Waals surface area contributed by atoms with Crippen LogP contribution in [0.25, 0.3) is 0 Å². The summed E-state index contributed by atoms with van der Waals surface area (Å²) >= 11 is 0. The van der Waals surface area contributed by atoms with E-state index in [2.05, 4.69) is 20.8 Å². The standard InChI is InChI=1S/C24H44O4/c1-4-5-6-7-8-9-10-11-12-15-20-27-23(25)18-19-24(26)28-21-16-13-14-17-22(2)3/h15,20,22H,4-14,16-19,21H2,1-3H3. The van der Waals surface area contributed by atoms with Crippen molar-refractivity contribution in [3.63, 3.8) is 0 Å². The van der Waals surface area contributed by atoms with Crippen LogP contribution in [0.2, 0.25) is 0 Å². The molecular formula is C24H44O4. The molecule has 0 saturated carbocycles. The van der Waals surface area contributed by atoms with Crippen LogP contribution in [0.3, 0.4) is 0 Å². The van der Waals surface area contributed by atoms with E-state index in [4.69, 9.17) is 9.47 Å². The number of unbranched alkanes of at least 4 members (excludes halogenated alkanes) is 10. The van der Waals surface area contributed by atoms with Crippen LogP contribution in [0.4, 0.5) is 0 Å². The summed E-state index contributed by atoms with van der Waals surface area (Å²) in [5, 5.41) is 0. The molecule has 0 rings (SSSR count). The van der Waals surface area contributed by atoms with Gasteiger partial charge in [-0.1, -0.05) is 85.0 Å². The van der Waals surface area contributed by atoms with E-state index in [9.17, 15) is 9.59 Å². The number of hydrogen-bond donors (Lipinski definition) is 0. The van der Waals surface area contributed by atoms with Crippen molar-refractivity contribution < 1.29 is 19.1 Å². The van der Waals surface area contributed by atoms with Crippen LogP contribution in [0.1, 0.15) is 117 Å². The SMILES string of the molecule is CCCCCCCCCCC=COC(=O)CCC(=O)OCCCCCC(C)C. The Balaban J connectivity index is 3.43. The maximum absolute atomic E-state index is 11.6. The van der Waals surface area contributed by atoms with E-state index in [0.29, 0.717) is 6.61 Å². The molecule has 0 radical (unpaired) electrons. The fourth-order valence-electron chi connectivity index (χ4n) is 2.94. The Morgan fingerprint density at radius 3 is 2.07 bits per heavy atom. The lowest BCUT2D eigenvalue weighted by Crippen LogP contribution is -2.09. The van der Waals surface area contributed by atoms with Gasteiger partial charge in [-0.15, -0.1) is 0 Å². The molecule has 0 spiro atoms. The van der Waals surface area contributed by atoms with Gasteiger partial charge in [-0.2, -0.15) is 0 Å². The van der Waals surface area contributed by atoms with Crippen molar-refractivity contribution in [3.8, 4) is 0 Å². The van der Waals surface area contributed by atoms with Gasteiger partial charge in [0.2, 0.25) is 0 Å². The molecular weight excluding hydrogens is 352 g/mol. The topological polar surface area (TPSA) is 52.6 Å². The first kappa shape index (κ1) is 26.7. The zero-order valence-corrected chi connectivity index (χ0v) is 18.7. The van der Waals surface area contributed by atoms with E-state index in [-0.39, 0.29) is 24.8 Å². The van der Waals surface area contributed by atoms with Gasteiger partial charge in [-0.3, -0.25) is 9.59 Å². The maximum Gasteiger partial charge on any atom is 0.311 e. The molecule has 0 heterocycles. The largest absolute Gasteiger partial charge is 0.466 e. The van der Waals surface area contributed by atoms with Crippen molar-refractivity contribution in [2.24, 2.45) is 5.92 Å². The minimum atomic E-state index is -0.374. The number of ether oxygens (including phenoxy) is 2. The molecule has 0 aromatic carbocycles. The second-order valence-corrected chi connectivity index (χ2v) is 8.09. The Morgan fingerprint density at radius 1 is 0.786 bits per heavy atom. The molecule has 0 N–H and O–H groups in total. The monoisotopic (exact) mass is 396 g/mol. The van der Waals surface area contributed by atoms with Gasteiger partial charge < -0.3 is 9.47 Å². The highest BCUT2D eigenvalue weighted by Crippen LogP contribution is 2.10. The lowest BCUT2D eigenvalue weighted by Gasteiger charge is -2.06. The minimum Gasteiger partial charge on any atom is -0.466 e. The summed E-state index contributed by atoms with van der Waals surface area (Å²) < 4.78 is 10.2. The number of rotatable bonds is 19. The first-order chi connectivity index (χ1) is 13.6. The van der Waals surface area contributed by atoms with Gasteiger partial charge in [-0.25, -0.2) is 0 Å². The molecule has 0 aliphatic heterocycles. The van der Waals surface area contributed by atoms with Crippen molar-refractivity contribution >= 4 is 11.9 Å². The fraction of sp³-hybridized carbons (Fsp3) is 0.833. The first-order valence-electron chi connectivity index (χ1n) is 11.6. The summed E-state index contributed by atoms with van der Waals surface area (Å²) in [5.41, 5.74) is 0. The number of allylic oxidation sites excluding steroid dienone is 1. The first-order valence-corrected chi connectivity index (χ1v) is 11.6. The zero-order valence-electron chi connectivity index (χ0n) is 18.7. The van der Waals surface area contributed by atoms with Gasteiger partial charge in [-0.05, 0) is 31.3 Å². The van der Waals surface area contributed by atoms with E-state index in [1.165, 1.54) is 64.0 Å². The molecule has 28 heavy (non-hydrogen) atoms. The second-order valence-electron chi connectivity index (χ2n) is 8.09. The Morgan fingerprint density at radius 2 is 1.39 bits per heavy atom. The maximum atomic E-state index is 11.6. The van der Waals surface area contributed by atoms with E-state index < -0.39 is 0 Å². The molecule has 0 bridgehead atoms. The average molecular weight is 397 g/mol. The van der Waals surface area contributed by atoms with Crippen LogP contribution in [-0.4, -0.2) is 18.5 Å². The minimum absolute atomic E-state index is 0.0777. The van der Waals surface area contributed by atoms with E-state index in [1.54, 1.807) is 0 Å². The summed E-state index contributed by atoms with van der Waals surface area (Å²) in [5.74, 6) is 0.0349. The van der Waals surface area contributed by atoms with Gasteiger partial charge in [0, 0.05) is 0 Å². The number of carbonyl (C=O) groups is 2. The smallest absolute Gasteiger partial charge is 0.311 e. The van der Waals surface area contributed by atoms with Crippen molar-refractivity contribution in [2.45, 2.75) is 117 Å². The Labute approximate surface area is 173 Å². The Bertz CT molecular complexity index is 401. The number of hydrogen-bond acceptors (Lipinski definition) is 4. The lowest BCUT2D eigenvalue weighted by atomic mass is 10.1. The molecule has 0 atom stereocenters. The molecule has 164 valence electrons. The van der Waals surface area contributed by atoms with Gasteiger partial charge >= 0.3 is 11.9 Å². The average Bonchev–Trinajstić information content (AvgIpc) is 2.67. The van der Waals surface area contributed by atoms with Crippen molar-refractivity contribution in [1.82, 2.24) is 0 Å². The van der Waals surface area contributed by atoms with Crippen LogP contribution >= 0.6 is 0 Å². The summed E-state index contributed by atoms with van der Waals surface area (Å²) in [7, 11) is 0. The molecule has 0 aliphatic rings. The van der Waals surface area contributed by atoms with Gasteiger partial charge in [0.25, 0.3) is 0 Å². The normalized spacial score (nSPS) is 11.3. The van der Waals surface area contributed by atoms with Crippen molar-refractivity contribution in [3.05, 3.63) is 12.3 Å². The highest BCUT2D eigenvalue weighted by molar-refractivity contribution is 5.77. The molecule has 0 amide bonds. The molecule has 0 aliphatic carbocycles. The second kappa shape index (κ2) is 20.4. The van der Waals surface area contributed by atoms with Crippen molar-refractivity contribution in [1.29, 1.82) is 0 Å². The Kier molecular flexibility index (Phi) is 19.5. The van der Waals surface area contributed by atoms with Crippen LogP contribution in [0, 0.1) is 5.92 Å². The van der Waals surface area contributed by atoms with E-state index in [1.807, 2.05) is 6.08 Å². The molecule has 0 aromatic heterocycles. The zero-order chi connectivity index (χ0) is 20.9. The summed E-state index contributed by atoms with van der Waals surface area (Å²) in [6, 6.07) is 0. The molecule has 4 nitrogen and oxygen atoms in total. The van der Waals surface area contributed by atoms with Gasteiger partial charge in [0.1, 0.15) is 0 Å². The lowest BCUT2D eigenvalue weighted by molar-refractivity contribution is -0.148. The van der Waals surface area contributed by atoms with E-state index >= 15 is 0 Å². The molecule has 4 heteroatoms. The summed E-state index contributed by atoms with van der Waals surface area (Å²) in [6.07, 6.45) is 19.2. The van der Waals surface area contributed by atoms with Crippen LogP contribution in [0.15, 0.2) is 12.3 Å². The van der Waals surface area contributed by atoms with Gasteiger partial charge in [0.05, 0.1) is 25.7 Å². The number of esters is 2.